The number of rotatable bonds is 2. The molecule has 2 heterocycles. The number of halogens is 1. The lowest BCUT2D eigenvalue weighted by atomic mass is 10.3. The molecule has 0 saturated carbocycles. The van der Waals surface area contributed by atoms with Gasteiger partial charge in [-0.25, -0.2) is 4.39 Å². The summed E-state index contributed by atoms with van der Waals surface area (Å²) in [4.78, 5) is 5.99. The minimum Gasteiger partial charge on any atom is -0.369 e. The van der Waals surface area contributed by atoms with Gasteiger partial charge in [0.15, 0.2) is 0 Å². The Morgan fingerprint density at radius 2 is 2.43 bits per heavy atom. The van der Waals surface area contributed by atoms with Crippen LogP contribution < -0.4 is 10.2 Å². The van der Waals surface area contributed by atoms with Gasteiger partial charge in [0.2, 0.25) is 0 Å². The van der Waals surface area contributed by atoms with Crippen LogP contribution in [0.3, 0.4) is 0 Å². The van der Waals surface area contributed by atoms with Gasteiger partial charge in [0.1, 0.15) is 5.82 Å². The van der Waals surface area contributed by atoms with Crippen LogP contribution in [-0.2, 0) is 0 Å². The number of nitrogens with one attached hydrogen (secondary N) is 1. The molecule has 3 nitrogen and oxygen atoms in total. The standard InChI is InChI=1S/C10H14FN3/c1-12-9-2-3-14(7-9)10-4-8(11)5-13-6-10/h4-6,9,12H,2-3,7H2,1H3/t9-/m0/s1. The lowest BCUT2D eigenvalue weighted by Crippen LogP contribution is -2.29. The summed E-state index contributed by atoms with van der Waals surface area (Å²) in [5.41, 5.74) is 0.878. The van der Waals surface area contributed by atoms with Crippen LogP contribution in [0.5, 0.6) is 0 Å². The van der Waals surface area contributed by atoms with Gasteiger partial charge in [-0.3, -0.25) is 4.98 Å². The second-order valence-corrected chi connectivity index (χ2v) is 3.58. The van der Waals surface area contributed by atoms with Crippen molar-refractivity contribution in [3.63, 3.8) is 0 Å². The third-order valence-corrected chi connectivity index (χ3v) is 2.65. The highest BCUT2D eigenvalue weighted by Gasteiger charge is 2.21. The molecule has 0 bridgehead atoms. The summed E-state index contributed by atoms with van der Waals surface area (Å²) in [6.07, 6.45) is 4.04. The summed E-state index contributed by atoms with van der Waals surface area (Å²) in [6.45, 7) is 1.90. The fourth-order valence-corrected chi connectivity index (χ4v) is 1.80. The Morgan fingerprint density at radius 3 is 3.07 bits per heavy atom. The maximum absolute atomic E-state index is 12.9. The zero-order chi connectivity index (χ0) is 9.97. The number of hydrogen-bond donors (Lipinski definition) is 1. The molecular weight excluding hydrogens is 181 g/mol. The summed E-state index contributed by atoms with van der Waals surface area (Å²) in [6, 6.07) is 2.05. The Morgan fingerprint density at radius 1 is 1.57 bits per heavy atom. The van der Waals surface area contributed by atoms with Gasteiger partial charge in [0.25, 0.3) is 0 Å². The second kappa shape index (κ2) is 3.92. The van der Waals surface area contributed by atoms with E-state index in [1.165, 1.54) is 12.3 Å². The van der Waals surface area contributed by atoms with E-state index in [1.807, 2.05) is 7.05 Å². The number of anilines is 1. The van der Waals surface area contributed by atoms with E-state index in [1.54, 1.807) is 6.20 Å². The third-order valence-electron chi connectivity index (χ3n) is 2.65. The lowest BCUT2D eigenvalue weighted by molar-refractivity contribution is 0.614. The molecule has 1 aliphatic rings. The van der Waals surface area contributed by atoms with Crippen molar-refractivity contribution >= 4 is 5.69 Å². The van der Waals surface area contributed by atoms with Gasteiger partial charge >= 0.3 is 0 Å². The minimum absolute atomic E-state index is 0.268. The Bertz CT molecular complexity index is 316. The van der Waals surface area contributed by atoms with Gasteiger partial charge in [-0.15, -0.1) is 0 Å². The largest absolute Gasteiger partial charge is 0.369 e. The molecule has 1 aromatic rings. The number of hydrogen-bond acceptors (Lipinski definition) is 3. The maximum atomic E-state index is 12.9. The van der Waals surface area contributed by atoms with Gasteiger partial charge in [-0.1, -0.05) is 0 Å². The third kappa shape index (κ3) is 1.85. The lowest BCUT2D eigenvalue weighted by Gasteiger charge is -2.17. The fourth-order valence-electron chi connectivity index (χ4n) is 1.80. The molecular formula is C10H14FN3. The highest BCUT2D eigenvalue weighted by molar-refractivity contribution is 5.45. The molecule has 1 fully saturated rings. The highest BCUT2D eigenvalue weighted by atomic mass is 19.1. The summed E-state index contributed by atoms with van der Waals surface area (Å²) >= 11 is 0. The van der Waals surface area contributed by atoms with Crippen molar-refractivity contribution < 1.29 is 4.39 Å². The van der Waals surface area contributed by atoms with Crippen LogP contribution in [0.15, 0.2) is 18.5 Å². The van der Waals surface area contributed by atoms with E-state index in [9.17, 15) is 4.39 Å². The van der Waals surface area contributed by atoms with E-state index < -0.39 is 0 Å². The van der Waals surface area contributed by atoms with E-state index in [0.717, 1.165) is 25.2 Å². The molecule has 76 valence electrons. The first-order valence-corrected chi connectivity index (χ1v) is 4.82. The molecule has 2 rings (SSSR count). The van der Waals surface area contributed by atoms with E-state index in [-0.39, 0.29) is 5.82 Å². The van der Waals surface area contributed by atoms with E-state index in [2.05, 4.69) is 15.2 Å². The minimum atomic E-state index is -0.268. The zero-order valence-corrected chi connectivity index (χ0v) is 8.20. The summed E-state index contributed by atoms with van der Waals surface area (Å²) in [5.74, 6) is -0.268. The van der Waals surface area contributed by atoms with Gasteiger partial charge < -0.3 is 10.2 Å². The van der Waals surface area contributed by atoms with Crippen LogP contribution in [-0.4, -0.2) is 31.2 Å². The summed E-state index contributed by atoms with van der Waals surface area (Å²) < 4.78 is 12.9. The predicted octanol–water partition coefficient (Wildman–Crippen LogP) is 1.02. The number of nitrogens with zero attached hydrogens (tertiary/aromatic N) is 2. The molecule has 1 aliphatic heterocycles. The van der Waals surface area contributed by atoms with Crippen molar-refractivity contribution in [2.75, 3.05) is 25.0 Å². The molecule has 1 aromatic heterocycles. The molecule has 4 heteroatoms. The smallest absolute Gasteiger partial charge is 0.143 e. The highest BCUT2D eigenvalue weighted by Crippen LogP contribution is 2.19. The molecule has 0 unspecified atom stereocenters. The quantitative estimate of drug-likeness (QED) is 0.763. The van der Waals surface area contributed by atoms with Crippen LogP contribution in [0.1, 0.15) is 6.42 Å². The Balaban J connectivity index is 2.09. The van der Waals surface area contributed by atoms with Gasteiger partial charge in [-0.2, -0.15) is 0 Å². The normalized spacial score (nSPS) is 21.6. The van der Waals surface area contributed by atoms with Crippen molar-refractivity contribution in [2.45, 2.75) is 12.5 Å². The first-order valence-electron chi connectivity index (χ1n) is 4.82. The summed E-state index contributed by atoms with van der Waals surface area (Å²) in [7, 11) is 1.96. The summed E-state index contributed by atoms with van der Waals surface area (Å²) in [5, 5.41) is 3.22. The number of aromatic nitrogens is 1. The molecule has 0 radical (unpaired) electrons. The van der Waals surface area contributed by atoms with Crippen molar-refractivity contribution in [1.82, 2.24) is 10.3 Å². The molecule has 0 aromatic carbocycles. The van der Waals surface area contributed by atoms with Crippen LogP contribution in [0, 0.1) is 5.82 Å². The molecule has 0 spiro atoms. The van der Waals surface area contributed by atoms with Crippen LogP contribution in [0.4, 0.5) is 10.1 Å². The van der Waals surface area contributed by atoms with Crippen molar-refractivity contribution in [3.8, 4) is 0 Å². The van der Waals surface area contributed by atoms with Gasteiger partial charge in [0, 0.05) is 25.2 Å². The van der Waals surface area contributed by atoms with Crippen molar-refractivity contribution in [1.29, 1.82) is 0 Å². The topological polar surface area (TPSA) is 28.2 Å². The Hall–Kier alpha value is -1.16. The van der Waals surface area contributed by atoms with Crippen LogP contribution in [0.2, 0.25) is 0 Å². The molecule has 14 heavy (non-hydrogen) atoms. The Kier molecular flexibility index (Phi) is 2.63. The monoisotopic (exact) mass is 195 g/mol. The van der Waals surface area contributed by atoms with Crippen molar-refractivity contribution in [2.24, 2.45) is 0 Å². The first kappa shape index (κ1) is 9.40. The SMILES string of the molecule is CN[C@H]1CCN(c2cncc(F)c2)C1. The second-order valence-electron chi connectivity index (χ2n) is 3.58. The number of likely N-dealkylation sites (N-methyl/N-ethyl adjacent to an activating group) is 1. The average Bonchev–Trinajstić information content (AvgIpc) is 2.66. The molecule has 0 aliphatic carbocycles. The zero-order valence-electron chi connectivity index (χ0n) is 8.20. The predicted molar refractivity (Wildman–Crippen MR) is 53.9 cm³/mol. The molecule has 1 saturated heterocycles. The molecule has 0 amide bonds. The Labute approximate surface area is 82.9 Å². The average molecular weight is 195 g/mol. The van der Waals surface area contributed by atoms with E-state index >= 15 is 0 Å². The molecule has 1 N–H and O–H groups in total. The van der Waals surface area contributed by atoms with Crippen LogP contribution >= 0.6 is 0 Å². The van der Waals surface area contributed by atoms with E-state index in [4.69, 9.17) is 0 Å². The van der Waals surface area contributed by atoms with Crippen LogP contribution in [0.25, 0.3) is 0 Å². The van der Waals surface area contributed by atoms with E-state index in [0.29, 0.717) is 6.04 Å². The maximum Gasteiger partial charge on any atom is 0.143 e. The van der Waals surface area contributed by atoms with Gasteiger partial charge in [-0.05, 0) is 13.5 Å². The first-order chi connectivity index (χ1) is 6.79. The van der Waals surface area contributed by atoms with Gasteiger partial charge in [0.05, 0.1) is 18.1 Å². The molecule has 1 atom stereocenters. The fraction of sp³-hybridized carbons (Fsp3) is 0.500. The number of pyridine rings is 1. The van der Waals surface area contributed by atoms with Crippen molar-refractivity contribution in [3.05, 3.63) is 24.3 Å².